The molecule has 1 fully saturated rings. The molecule has 1 aromatic carbocycles. The molecule has 1 aliphatic carbocycles. The van der Waals surface area contributed by atoms with E-state index in [0.29, 0.717) is 12.8 Å². The Balaban J connectivity index is 0.000000745. The Labute approximate surface area is 131 Å². The fraction of sp³-hybridized carbons (Fsp3) is 0.529. The molecule has 1 aromatic rings. The summed E-state index contributed by atoms with van der Waals surface area (Å²) < 4.78 is 9.50. The highest BCUT2D eigenvalue weighted by Gasteiger charge is 2.36. The highest BCUT2D eigenvalue weighted by molar-refractivity contribution is 5.81. The second kappa shape index (κ2) is 9.95. The Morgan fingerprint density at radius 1 is 1.09 bits per heavy atom. The zero-order valence-electron chi connectivity index (χ0n) is 13.2. The Bertz CT molecular complexity index is 457. The number of carboxylic acid groups (broad SMARTS) is 1. The van der Waals surface area contributed by atoms with Gasteiger partial charge in [0.2, 0.25) is 0 Å². The largest absolute Gasteiger partial charge is 0.481 e. The van der Waals surface area contributed by atoms with E-state index in [0.717, 1.165) is 18.4 Å². The summed E-state index contributed by atoms with van der Waals surface area (Å²) in [7, 11) is 3.25. The quantitative estimate of drug-likeness (QED) is 0.866. The molecule has 1 saturated carbocycles. The lowest BCUT2D eigenvalue weighted by atomic mass is 9.79. The van der Waals surface area contributed by atoms with E-state index in [9.17, 15) is 9.59 Å². The highest BCUT2D eigenvalue weighted by atomic mass is 16.5. The Hall–Kier alpha value is -1.88. The molecule has 2 atom stereocenters. The summed E-state index contributed by atoms with van der Waals surface area (Å²) in [6, 6.07) is 9.41. The van der Waals surface area contributed by atoms with Gasteiger partial charge in [0, 0.05) is 14.2 Å². The summed E-state index contributed by atoms with van der Waals surface area (Å²) in [6.07, 6.45) is 2.96. The van der Waals surface area contributed by atoms with Crippen LogP contribution in [0.15, 0.2) is 30.3 Å². The van der Waals surface area contributed by atoms with Gasteiger partial charge in [-0.05, 0) is 18.4 Å². The average Bonchev–Trinajstić information content (AvgIpc) is 2.54. The number of hydrogen-bond donors (Lipinski definition) is 1. The van der Waals surface area contributed by atoms with E-state index < -0.39 is 17.8 Å². The lowest BCUT2D eigenvalue weighted by molar-refractivity contribution is -0.160. The Morgan fingerprint density at radius 2 is 1.64 bits per heavy atom. The van der Waals surface area contributed by atoms with Crippen molar-refractivity contribution in [2.45, 2.75) is 32.3 Å². The van der Waals surface area contributed by atoms with Crippen molar-refractivity contribution >= 4 is 11.9 Å². The van der Waals surface area contributed by atoms with Crippen LogP contribution in [0.25, 0.3) is 0 Å². The van der Waals surface area contributed by atoms with Gasteiger partial charge in [0.25, 0.3) is 0 Å². The maximum absolute atomic E-state index is 12.0. The molecule has 0 heterocycles. The van der Waals surface area contributed by atoms with Crippen LogP contribution < -0.4 is 0 Å². The number of ether oxygens (including phenoxy) is 2. The van der Waals surface area contributed by atoms with Gasteiger partial charge < -0.3 is 14.6 Å². The molecule has 0 aliphatic heterocycles. The van der Waals surface area contributed by atoms with Gasteiger partial charge in [0.1, 0.15) is 6.61 Å². The molecule has 0 amide bonds. The standard InChI is InChI=1S/C15H18O4.C2H6O/c16-14(17)12-8-4-5-9-13(12)15(18)19-10-11-6-2-1-3-7-11;1-3-2/h1-3,6-7,12-13H,4-5,8-10H2,(H,16,17);1-2H3/t12-,13+;/m0./s1. The van der Waals surface area contributed by atoms with Gasteiger partial charge in [0.15, 0.2) is 0 Å². The number of rotatable bonds is 4. The molecule has 0 unspecified atom stereocenters. The summed E-state index contributed by atoms with van der Waals surface area (Å²) in [5.41, 5.74) is 0.915. The van der Waals surface area contributed by atoms with E-state index in [1.54, 1.807) is 14.2 Å². The van der Waals surface area contributed by atoms with Gasteiger partial charge in [-0.15, -0.1) is 0 Å². The van der Waals surface area contributed by atoms with Gasteiger partial charge in [0.05, 0.1) is 11.8 Å². The lowest BCUT2D eigenvalue weighted by Crippen LogP contribution is -2.33. The number of benzene rings is 1. The van der Waals surface area contributed by atoms with Gasteiger partial charge in [-0.3, -0.25) is 9.59 Å². The molecule has 5 nitrogen and oxygen atoms in total. The predicted molar refractivity (Wildman–Crippen MR) is 82.3 cm³/mol. The average molecular weight is 308 g/mol. The molecule has 0 spiro atoms. The molecule has 0 aromatic heterocycles. The summed E-state index contributed by atoms with van der Waals surface area (Å²) in [5, 5.41) is 9.14. The minimum Gasteiger partial charge on any atom is -0.481 e. The molecule has 22 heavy (non-hydrogen) atoms. The number of carboxylic acids is 1. The maximum Gasteiger partial charge on any atom is 0.310 e. The van der Waals surface area contributed by atoms with Crippen molar-refractivity contribution in [2.75, 3.05) is 14.2 Å². The molecular weight excluding hydrogens is 284 g/mol. The van der Waals surface area contributed by atoms with Crippen LogP contribution in [0.3, 0.4) is 0 Å². The molecule has 1 aliphatic rings. The molecule has 1 N–H and O–H groups in total. The second-order valence-electron chi connectivity index (χ2n) is 5.34. The first-order valence-corrected chi connectivity index (χ1v) is 7.43. The fourth-order valence-electron chi connectivity index (χ4n) is 2.54. The van der Waals surface area contributed by atoms with Crippen molar-refractivity contribution < 1.29 is 24.2 Å². The third kappa shape index (κ3) is 5.85. The first kappa shape index (κ1) is 18.2. The normalized spacial score (nSPS) is 20.5. The molecule has 0 bridgehead atoms. The van der Waals surface area contributed by atoms with E-state index >= 15 is 0 Å². The summed E-state index contributed by atoms with van der Waals surface area (Å²) in [5.74, 6) is -2.34. The summed E-state index contributed by atoms with van der Waals surface area (Å²) >= 11 is 0. The highest BCUT2D eigenvalue weighted by Crippen LogP contribution is 2.31. The lowest BCUT2D eigenvalue weighted by Gasteiger charge is -2.26. The molecule has 5 heteroatoms. The van der Waals surface area contributed by atoms with Crippen LogP contribution in [-0.4, -0.2) is 31.3 Å². The third-order valence-corrected chi connectivity index (χ3v) is 3.61. The predicted octanol–water partition coefficient (Wildman–Crippen LogP) is 2.88. The molecular formula is C17H24O5. The zero-order chi connectivity index (χ0) is 16.4. The maximum atomic E-state index is 12.0. The number of hydrogen-bond acceptors (Lipinski definition) is 4. The second-order valence-corrected chi connectivity index (χ2v) is 5.34. The topological polar surface area (TPSA) is 72.8 Å². The van der Waals surface area contributed by atoms with Crippen LogP contribution in [0.1, 0.15) is 31.2 Å². The van der Waals surface area contributed by atoms with Crippen LogP contribution >= 0.6 is 0 Å². The van der Waals surface area contributed by atoms with E-state index in [2.05, 4.69) is 4.74 Å². The van der Waals surface area contributed by atoms with Gasteiger partial charge in [-0.25, -0.2) is 0 Å². The van der Waals surface area contributed by atoms with Crippen molar-refractivity contribution in [2.24, 2.45) is 11.8 Å². The molecule has 122 valence electrons. The van der Waals surface area contributed by atoms with Crippen molar-refractivity contribution in [1.29, 1.82) is 0 Å². The number of carbonyl (C=O) groups excluding carboxylic acids is 1. The van der Waals surface area contributed by atoms with E-state index in [4.69, 9.17) is 9.84 Å². The van der Waals surface area contributed by atoms with E-state index in [-0.39, 0.29) is 12.6 Å². The van der Waals surface area contributed by atoms with Gasteiger partial charge >= 0.3 is 11.9 Å². The summed E-state index contributed by atoms with van der Waals surface area (Å²) in [6.45, 7) is 0.211. The SMILES string of the molecule is COC.O=C(O)[C@H]1CCCC[C@H]1C(=O)OCc1ccccc1. The minimum atomic E-state index is -0.888. The Morgan fingerprint density at radius 3 is 2.18 bits per heavy atom. The van der Waals surface area contributed by atoms with Crippen molar-refractivity contribution in [1.82, 2.24) is 0 Å². The number of aliphatic carboxylic acids is 1. The van der Waals surface area contributed by atoms with Crippen LogP contribution in [0, 0.1) is 11.8 Å². The molecule has 2 rings (SSSR count). The number of methoxy groups -OCH3 is 1. The fourth-order valence-corrected chi connectivity index (χ4v) is 2.54. The zero-order valence-corrected chi connectivity index (χ0v) is 13.2. The molecule has 0 radical (unpaired) electrons. The minimum absolute atomic E-state index is 0.211. The van der Waals surface area contributed by atoms with Crippen molar-refractivity contribution in [3.05, 3.63) is 35.9 Å². The first-order chi connectivity index (χ1) is 10.6. The van der Waals surface area contributed by atoms with Gasteiger partial charge in [-0.1, -0.05) is 43.2 Å². The Kier molecular flexibility index (Phi) is 8.22. The van der Waals surface area contributed by atoms with Crippen molar-refractivity contribution in [3.8, 4) is 0 Å². The third-order valence-electron chi connectivity index (χ3n) is 3.61. The van der Waals surface area contributed by atoms with Crippen molar-refractivity contribution in [3.63, 3.8) is 0 Å². The monoisotopic (exact) mass is 308 g/mol. The van der Waals surface area contributed by atoms with Gasteiger partial charge in [-0.2, -0.15) is 0 Å². The van der Waals surface area contributed by atoms with E-state index in [1.807, 2.05) is 30.3 Å². The van der Waals surface area contributed by atoms with Crippen LogP contribution in [-0.2, 0) is 25.7 Å². The van der Waals surface area contributed by atoms with Crippen LogP contribution in [0.4, 0.5) is 0 Å². The van der Waals surface area contributed by atoms with Crippen LogP contribution in [0.5, 0.6) is 0 Å². The first-order valence-electron chi connectivity index (χ1n) is 7.43. The number of carbonyl (C=O) groups is 2. The smallest absolute Gasteiger partial charge is 0.310 e. The molecule has 0 saturated heterocycles. The van der Waals surface area contributed by atoms with E-state index in [1.165, 1.54) is 0 Å². The number of esters is 1. The summed E-state index contributed by atoms with van der Waals surface area (Å²) in [4.78, 5) is 23.1. The van der Waals surface area contributed by atoms with Crippen LogP contribution in [0.2, 0.25) is 0 Å².